The molecule has 0 unspecified atom stereocenters. The molecular weight excluding hydrogens is 1430 g/mol. The molecule has 519 valence electrons. The predicted octanol–water partition coefficient (Wildman–Crippen LogP) is 7.82. The largest absolute Gasteiger partial charge is 2.00 e. The van der Waals surface area contributed by atoms with Crippen LogP contribution in [0.15, 0.2) is 133 Å². The van der Waals surface area contributed by atoms with Gasteiger partial charge in [0.25, 0.3) is 0 Å². The number of hydrogen-bond acceptors (Lipinski definition) is 24. The second-order valence-electron chi connectivity index (χ2n) is 23.8. The van der Waals surface area contributed by atoms with Crippen molar-refractivity contribution in [3.8, 4) is 91.1 Å². The van der Waals surface area contributed by atoms with Crippen LogP contribution >= 0.6 is 0 Å². The molecule has 35 heteroatoms. The van der Waals surface area contributed by atoms with Crippen LogP contribution in [-0.2, 0) is 16.8 Å². The SMILES string of the molecule is Nc1cccc2c1-c1nc-2nc2[nH]c(nc3nc(nc4[nH]c(n1)c1c(C(=O)O)c(C(=O)O)c(C(=O)O)c(C(=O)[O-])c41)-c1ccccc1-3)c1ccccc21.Nc1cccc2c1-c1nc-2nc2[nH]c(nc3nc(nc4[nH]c(n1)c1c(C(=O)O)c(C(=O)O)c(C(=O)O)c(C(=O)[O-])c41)-c1ccccc1-3)c1ccccc21.[Co+2]. The van der Waals surface area contributed by atoms with E-state index in [0.29, 0.717) is 77.5 Å². The molecule has 0 amide bonds. The van der Waals surface area contributed by atoms with Gasteiger partial charge < -0.3 is 81.8 Å². The smallest absolute Gasteiger partial charge is 0.545 e. The Balaban J connectivity index is 0.000000162. The molecule has 8 aromatic carbocycles. The van der Waals surface area contributed by atoms with Gasteiger partial charge in [0.1, 0.15) is 45.2 Å². The fraction of sp³-hybridized carbons (Fsp3) is 0. The number of H-pyrrole nitrogens is 4. The van der Waals surface area contributed by atoms with Gasteiger partial charge in [-0.25, -0.2) is 88.6 Å². The fourth-order valence-electron chi connectivity index (χ4n) is 13.7. The van der Waals surface area contributed by atoms with Crippen molar-refractivity contribution >= 4 is 147 Å². The second kappa shape index (κ2) is 24.3. The number of carboxylic acids is 8. The summed E-state index contributed by atoms with van der Waals surface area (Å²) in [5.74, 6) is -15.7. The predicted molar refractivity (Wildman–Crippen MR) is 371 cm³/mol. The number of hydrogen-bond donors (Lipinski definition) is 12. The quantitative estimate of drug-likeness (QED) is 0.0645. The van der Waals surface area contributed by atoms with Gasteiger partial charge in [-0.2, -0.15) is 0 Å². The van der Waals surface area contributed by atoms with E-state index in [4.69, 9.17) is 31.4 Å². The van der Waals surface area contributed by atoms with Gasteiger partial charge in [0.15, 0.2) is 46.6 Å². The van der Waals surface area contributed by atoms with Crippen molar-refractivity contribution in [2.75, 3.05) is 11.5 Å². The molecule has 0 aliphatic carbocycles. The van der Waals surface area contributed by atoms with Crippen molar-refractivity contribution in [1.29, 1.82) is 0 Å². The molecule has 0 fully saturated rings. The summed E-state index contributed by atoms with van der Waals surface area (Å²) in [7, 11) is 0. The number of aromatic nitrogens is 16. The van der Waals surface area contributed by atoms with Crippen LogP contribution in [0.4, 0.5) is 11.4 Å². The number of fused-ring (bicyclic) bond motifs is 40. The maximum atomic E-state index is 12.9. The Hall–Kier alpha value is -15.7. The number of carbonyl (C=O) groups is 8. The van der Waals surface area contributed by atoms with E-state index in [9.17, 15) is 79.2 Å². The molecule has 0 spiro atoms. The van der Waals surface area contributed by atoms with Gasteiger partial charge in [0.2, 0.25) is 0 Å². The first-order valence-electron chi connectivity index (χ1n) is 31.1. The number of anilines is 2. The zero-order valence-electron chi connectivity index (χ0n) is 53.3. The first-order valence-corrected chi connectivity index (χ1v) is 31.1. The van der Waals surface area contributed by atoms with Crippen molar-refractivity contribution in [3.05, 3.63) is 178 Å². The van der Waals surface area contributed by atoms with Crippen molar-refractivity contribution in [3.63, 3.8) is 0 Å². The third kappa shape index (κ3) is 10.1. The van der Waals surface area contributed by atoms with Crippen LogP contribution < -0.4 is 21.7 Å². The molecule has 10 heterocycles. The van der Waals surface area contributed by atoms with Crippen molar-refractivity contribution in [2.24, 2.45) is 0 Å². The van der Waals surface area contributed by atoms with E-state index in [1.54, 1.807) is 84.9 Å². The summed E-state index contributed by atoms with van der Waals surface area (Å²) < 4.78 is 0. The Morgan fingerprint density at radius 2 is 0.477 bits per heavy atom. The standard InChI is InChI=1S/2C36H19N9O8.Co/c2*37-17-11-5-10-16-18(17)30-43-29(16)41-27-13-7-2-1-6-12(13)25(39-27)38-26-14-8-3-4-9-15(14)28(40-26)42-31-19-20(32(44-30)45-31)22(34(48)49)24(36(52)53)23(35(50)51)21(19)33(46)47;/h2*1-11H,37H2,(H,46,47)(H,48,49)(H,50,51)(H,52,53)(H2,38,39,40,41,42,43,44,45);/q;;+2/p-2. The summed E-state index contributed by atoms with van der Waals surface area (Å²) in [6, 6.07) is 38.3. The molecule has 0 saturated heterocycles. The molecular formula is C72H36CoN18O16. The zero-order chi connectivity index (χ0) is 73.7. The van der Waals surface area contributed by atoms with Crippen LogP contribution in [-0.4, -0.2) is 158 Å². The number of nitrogen functional groups attached to an aromatic ring is 2. The Kier molecular flexibility index (Phi) is 15.0. The van der Waals surface area contributed by atoms with Crippen molar-refractivity contribution in [1.82, 2.24) is 79.7 Å². The van der Waals surface area contributed by atoms with Gasteiger partial charge >= 0.3 is 52.6 Å². The number of carbonyl (C=O) groups excluding carboxylic acids is 2. The Labute approximate surface area is 600 Å². The average molecular weight is 1470 g/mol. The summed E-state index contributed by atoms with van der Waals surface area (Å²) >= 11 is 0. The third-order valence-corrected chi connectivity index (χ3v) is 18.0. The molecule has 0 saturated carbocycles. The number of benzene rings is 8. The van der Waals surface area contributed by atoms with E-state index >= 15 is 0 Å². The first-order chi connectivity index (χ1) is 51.0. The Morgan fingerprint density at radius 1 is 0.262 bits per heavy atom. The van der Waals surface area contributed by atoms with Gasteiger partial charge in [-0.3, -0.25) is 0 Å². The van der Waals surface area contributed by atoms with E-state index in [-0.39, 0.29) is 85.9 Å². The topological polar surface area (TPSA) is 574 Å². The Morgan fingerprint density at radius 3 is 0.757 bits per heavy atom. The van der Waals surface area contributed by atoms with E-state index in [1.165, 1.54) is 0 Å². The molecule has 16 bridgehead atoms. The summed E-state index contributed by atoms with van der Waals surface area (Å²) in [4.78, 5) is 170. The maximum Gasteiger partial charge on any atom is 2.00 e. The van der Waals surface area contributed by atoms with Gasteiger partial charge in [-0.05, 0) is 12.1 Å². The molecule has 14 aromatic rings. The molecule has 34 nitrogen and oxygen atoms in total. The van der Waals surface area contributed by atoms with Crippen molar-refractivity contribution in [2.45, 2.75) is 0 Å². The van der Waals surface area contributed by atoms with Crippen LogP contribution in [0.1, 0.15) is 82.9 Å². The van der Waals surface area contributed by atoms with E-state index in [1.807, 2.05) is 48.5 Å². The molecule has 6 aromatic heterocycles. The van der Waals surface area contributed by atoms with Gasteiger partial charge in [-0.1, -0.05) is 121 Å². The number of rotatable bonds is 8. The number of carboxylic acid groups (broad SMARTS) is 8. The number of nitrogens with zero attached hydrogens (tertiary/aromatic N) is 12. The number of aromatic amines is 4. The van der Waals surface area contributed by atoms with Crippen LogP contribution in [0, 0.1) is 0 Å². The molecule has 107 heavy (non-hydrogen) atoms. The van der Waals surface area contributed by atoms with Gasteiger partial charge in [0, 0.05) is 99.0 Å². The van der Waals surface area contributed by atoms with Gasteiger partial charge in [-0.15, -0.1) is 0 Å². The minimum absolute atomic E-state index is 0. The summed E-state index contributed by atoms with van der Waals surface area (Å²) in [5.41, 5.74) is 6.77. The van der Waals surface area contributed by atoms with E-state index < -0.39 is 136 Å². The molecule has 14 N–H and O–H groups in total. The van der Waals surface area contributed by atoms with Crippen LogP contribution in [0.25, 0.3) is 179 Å². The third-order valence-electron chi connectivity index (χ3n) is 18.0. The first kappa shape index (κ1) is 65.9. The monoisotopic (exact) mass is 1470 g/mol. The van der Waals surface area contributed by atoms with Crippen LogP contribution in [0.3, 0.4) is 0 Å². The van der Waals surface area contributed by atoms with Crippen LogP contribution in [0.2, 0.25) is 0 Å². The van der Waals surface area contributed by atoms with E-state index in [2.05, 4.69) is 59.8 Å². The fourth-order valence-corrected chi connectivity index (χ4v) is 13.7. The summed E-state index contributed by atoms with van der Waals surface area (Å²) in [6.07, 6.45) is 0. The molecule has 4 aliphatic heterocycles. The minimum atomic E-state index is -2.12. The number of aromatic carboxylic acids is 8. The zero-order valence-corrected chi connectivity index (χ0v) is 54.4. The summed E-state index contributed by atoms with van der Waals surface area (Å²) in [6.45, 7) is 0. The van der Waals surface area contributed by atoms with Gasteiger partial charge in [0.05, 0.1) is 56.4 Å². The normalized spacial score (nSPS) is 11.6. The Bertz CT molecular complexity index is 6540. The molecule has 4 aliphatic rings. The number of nitrogens with one attached hydrogen (secondary N) is 4. The maximum absolute atomic E-state index is 12.9. The van der Waals surface area contributed by atoms with E-state index in [0.717, 1.165) is 0 Å². The van der Waals surface area contributed by atoms with Crippen LogP contribution in [0.5, 0.6) is 0 Å². The van der Waals surface area contributed by atoms with Crippen molar-refractivity contribution < 1.29 is 96.0 Å². The minimum Gasteiger partial charge on any atom is -0.545 e. The summed E-state index contributed by atoms with van der Waals surface area (Å²) in [5, 5.41) is 87.7. The second-order valence-corrected chi connectivity index (χ2v) is 23.8. The average Bonchev–Trinajstić information content (AvgIpc) is 1.54. The molecule has 18 rings (SSSR count). The number of nitrogens with two attached hydrogens (primary N) is 2. The molecule has 1 radical (unpaired) electrons. The molecule has 0 atom stereocenters.